The first-order valence-electron chi connectivity index (χ1n) is 5.48. The quantitative estimate of drug-likeness (QED) is 0.278. The van der Waals surface area contributed by atoms with Crippen LogP contribution in [0.1, 0.15) is 6.23 Å². The van der Waals surface area contributed by atoms with Crippen LogP contribution in [0.25, 0.3) is 10.4 Å². The normalized spacial score (nSPS) is 32.9. The number of H-pyrrole nitrogens is 1. The van der Waals surface area contributed by atoms with Gasteiger partial charge in [0, 0.05) is 17.2 Å². The van der Waals surface area contributed by atoms with Gasteiger partial charge in [0.2, 0.25) is 5.72 Å². The van der Waals surface area contributed by atoms with E-state index in [-0.39, 0.29) is 0 Å². The lowest BCUT2D eigenvalue weighted by molar-refractivity contribution is -0.125. The summed E-state index contributed by atoms with van der Waals surface area (Å²) in [7, 11) is 0. The average Bonchev–Trinajstić information content (AvgIpc) is 2.65. The molecule has 1 aliphatic heterocycles. The average molecular weight is 285 g/mol. The summed E-state index contributed by atoms with van der Waals surface area (Å²) in [5.74, 6) is 0. The Labute approximate surface area is 110 Å². The van der Waals surface area contributed by atoms with Crippen LogP contribution in [0.3, 0.4) is 0 Å². The molecule has 4 atom stereocenters. The summed E-state index contributed by atoms with van der Waals surface area (Å²) in [6, 6.07) is 1.01. The van der Waals surface area contributed by atoms with Gasteiger partial charge in [0.15, 0.2) is 6.23 Å². The maximum atomic E-state index is 11.6. The molecule has 3 unspecified atom stereocenters. The van der Waals surface area contributed by atoms with Crippen molar-refractivity contribution in [2.24, 2.45) is 5.11 Å². The summed E-state index contributed by atoms with van der Waals surface area (Å²) in [6.45, 7) is -0.899. The Bertz CT molecular complexity index is 663. The van der Waals surface area contributed by atoms with Crippen LogP contribution in [0, 0.1) is 0 Å². The van der Waals surface area contributed by atoms with E-state index in [1.165, 1.54) is 0 Å². The second-order valence-corrected chi connectivity index (χ2v) is 4.15. The van der Waals surface area contributed by atoms with Crippen molar-refractivity contribution in [1.82, 2.24) is 9.55 Å². The number of azide groups is 1. The van der Waals surface area contributed by atoms with Gasteiger partial charge in [-0.05, 0) is 5.53 Å². The molecule has 1 saturated heterocycles. The van der Waals surface area contributed by atoms with Gasteiger partial charge in [-0.1, -0.05) is 5.11 Å². The first-order valence-corrected chi connectivity index (χ1v) is 5.48. The molecule has 2 rings (SSSR count). The first kappa shape index (κ1) is 14.2. The lowest BCUT2D eigenvalue weighted by Crippen LogP contribution is -2.44. The van der Waals surface area contributed by atoms with Crippen LogP contribution < -0.4 is 11.2 Å². The summed E-state index contributed by atoms with van der Waals surface area (Å²) in [5.41, 5.74) is 4.79. The molecule has 1 fully saturated rings. The molecule has 0 radical (unpaired) electrons. The van der Waals surface area contributed by atoms with Crippen LogP contribution >= 0.6 is 0 Å². The molecule has 0 saturated carbocycles. The van der Waals surface area contributed by atoms with E-state index in [0.29, 0.717) is 0 Å². The number of rotatable bonds is 3. The molecule has 4 N–H and O–H groups in total. The zero-order valence-electron chi connectivity index (χ0n) is 9.95. The molecule has 11 heteroatoms. The number of aliphatic hydroxyl groups is 3. The van der Waals surface area contributed by atoms with Crippen molar-refractivity contribution in [3.05, 3.63) is 43.5 Å². The van der Waals surface area contributed by atoms with E-state index in [1.54, 1.807) is 0 Å². The lowest BCUT2D eigenvalue weighted by atomic mass is 10.1. The van der Waals surface area contributed by atoms with E-state index < -0.39 is 42.0 Å². The second kappa shape index (κ2) is 5.07. The van der Waals surface area contributed by atoms with Gasteiger partial charge in [-0.15, -0.1) is 0 Å². The van der Waals surface area contributed by atoms with Crippen molar-refractivity contribution in [2.75, 3.05) is 6.61 Å². The minimum absolute atomic E-state index is 0.650. The highest BCUT2D eigenvalue weighted by molar-refractivity contribution is 5.00. The number of nitrogens with zero attached hydrogens (tertiary/aromatic N) is 4. The number of aliphatic hydroxyl groups excluding tert-OH is 3. The Balaban J connectivity index is 2.47. The van der Waals surface area contributed by atoms with E-state index in [2.05, 4.69) is 10.0 Å². The fraction of sp³-hybridized carbons (Fsp3) is 0.556. The zero-order valence-corrected chi connectivity index (χ0v) is 9.95. The van der Waals surface area contributed by atoms with Gasteiger partial charge in [-0.25, -0.2) is 4.79 Å². The Morgan fingerprint density at radius 1 is 1.55 bits per heavy atom. The first-order chi connectivity index (χ1) is 9.45. The molecule has 0 bridgehead atoms. The number of ether oxygens (including phenoxy) is 1. The van der Waals surface area contributed by atoms with Crippen LogP contribution in [-0.4, -0.2) is 49.4 Å². The minimum Gasteiger partial charge on any atom is -0.393 e. The Morgan fingerprint density at radius 2 is 2.25 bits per heavy atom. The van der Waals surface area contributed by atoms with Crippen molar-refractivity contribution >= 4 is 0 Å². The minimum atomic E-state index is -2.10. The largest absolute Gasteiger partial charge is 0.393 e. The van der Waals surface area contributed by atoms with Gasteiger partial charge in [0.05, 0.1) is 6.61 Å². The number of hydrogen-bond donors (Lipinski definition) is 4. The maximum absolute atomic E-state index is 11.6. The van der Waals surface area contributed by atoms with Crippen molar-refractivity contribution in [3.63, 3.8) is 0 Å². The highest BCUT2D eigenvalue weighted by Gasteiger charge is 2.54. The predicted molar refractivity (Wildman–Crippen MR) is 62.4 cm³/mol. The molecule has 0 aliphatic carbocycles. The number of aromatic nitrogens is 2. The second-order valence-electron chi connectivity index (χ2n) is 4.15. The summed E-state index contributed by atoms with van der Waals surface area (Å²) < 4.78 is 5.95. The van der Waals surface area contributed by atoms with Crippen LogP contribution in [0.15, 0.2) is 27.0 Å². The molecule has 0 aromatic carbocycles. The van der Waals surface area contributed by atoms with Crippen LogP contribution in [-0.2, 0) is 4.74 Å². The Kier molecular flexibility index (Phi) is 3.61. The number of aromatic amines is 1. The van der Waals surface area contributed by atoms with Gasteiger partial charge >= 0.3 is 5.69 Å². The molecule has 2 heterocycles. The third-order valence-electron chi connectivity index (χ3n) is 2.97. The van der Waals surface area contributed by atoms with Crippen LogP contribution in [0.2, 0.25) is 0 Å². The molecule has 108 valence electrons. The van der Waals surface area contributed by atoms with Crippen molar-refractivity contribution in [2.45, 2.75) is 24.2 Å². The highest BCUT2D eigenvalue weighted by Crippen LogP contribution is 2.37. The predicted octanol–water partition coefficient (Wildman–Crippen LogP) is -2.21. The fourth-order valence-corrected chi connectivity index (χ4v) is 1.94. The standard InChI is InChI=1S/C9H11N5O6/c10-13-12-9(3-15)6(18)5(17)7(20-9)14-2-1-4(16)11-8(14)19/h1-2,5-7,15,17-18H,3H2,(H,11,16,19)/t5?,6?,7-,9?/m1/s1. The molecule has 0 spiro atoms. The third-order valence-corrected chi connectivity index (χ3v) is 2.97. The molecule has 11 nitrogen and oxygen atoms in total. The monoisotopic (exact) mass is 285 g/mol. The van der Waals surface area contributed by atoms with Gasteiger partial charge < -0.3 is 20.1 Å². The van der Waals surface area contributed by atoms with Gasteiger partial charge in [-0.2, -0.15) is 0 Å². The van der Waals surface area contributed by atoms with Gasteiger partial charge in [0.25, 0.3) is 5.56 Å². The molecule has 0 amide bonds. The maximum Gasteiger partial charge on any atom is 0.330 e. The summed E-state index contributed by atoms with van der Waals surface area (Å²) in [6.07, 6.45) is -3.76. The van der Waals surface area contributed by atoms with E-state index in [0.717, 1.165) is 16.8 Å². The van der Waals surface area contributed by atoms with E-state index in [9.17, 15) is 24.9 Å². The van der Waals surface area contributed by atoms with Crippen molar-refractivity contribution < 1.29 is 20.1 Å². The molecular weight excluding hydrogens is 274 g/mol. The lowest BCUT2D eigenvalue weighted by Gasteiger charge is -2.23. The summed E-state index contributed by atoms with van der Waals surface area (Å²) in [4.78, 5) is 26.9. The molecule has 1 aromatic heterocycles. The number of nitrogens with one attached hydrogen (secondary N) is 1. The summed E-state index contributed by atoms with van der Waals surface area (Å²) in [5, 5.41) is 32.1. The SMILES string of the molecule is [N-]=[N+]=NC1(CO)O[C@@H](n2ccc(=O)[nH]c2=O)C(O)C1O. The fourth-order valence-electron chi connectivity index (χ4n) is 1.94. The van der Waals surface area contributed by atoms with Gasteiger partial charge in [0.1, 0.15) is 12.2 Å². The molecular formula is C9H11N5O6. The van der Waals surface area contributed by atoms with Gasteiger partial charge in [-0.3, -0.25) is 14.3 Å². The summed E-state index contributed by atoms with van der Waals surface area (Å²) >= 11 is 0. The third kappa shape index (κ3) is 2.09. The topological polar surface area (TPSA) is 174 Å². The zero-order chi connectivity index (χ0) is 14.9. The van der Waals surface area contributed by atoms with E-state index in [1.807, 2.05) is 4.98 Å². The number of hydrogen-bond acceptors (Lipinski definition) is 7. The molecule has 20 heavy (non-hydrogen) atoms. The molecule has 1 aromatic rings. The smallest absolute Gasteiger partial charge is 0.330 e. The Hall–Kier alpha value is -2.17. The van der Waals surface area contributed by atoms with Crippen molar-refractivity contribution in [3.8, 4) is 0 Å². The van der Waals surface area contributed by atoms with Crippen molar-refractivity contribution in [1.29, 1.82) is 0 Å². The Morgan fingerprint density at radius 3 is 2.80 bits per heavy atom. The van der Waals surface area contributed by atoms with Crippen LogP contribution in [0.5, 0.6) is 0 Å². The molecule has 1 aliphatic rings. The van der Waals surface area contributed by atoms with E-state index in [4.69, 9.17) is 10.3 Å². The highest BCUT2D eigenvalue weighted by atomic mass is 16.6. The van der Waals surface area contributed by atoms with E-state index >= 15 is 0 Å². The van der Waals surface area contributed by atoms with Crippen LogP contribution in [0.4, 0.5) is 0 Å².